The molecular weight excluding hydrogens is 256 g/mol. The Morgan fingerprint density at radius 3 is 2.12 bits per heavy atom. The van der Waals surface area contributed by atoms with Gasteiger partial charge in [0.15, 0.2) is 0 Å². The number of carbonyl (C=O) groups is 2. The Bertz CT molecular complexity index is 260. The van der Waals surface area contributed by atoms with Crippen LogP contribution in [0.4, 0.5) is 4.79 Å². The Kier molecular flexibility index (Phi) is 11.5. The number of oxime groups is 1. The molecule has 0 aromatic rings. The molecular formula is C8H15ClN2O4S. The second kappa shape index (κ2) is 10.6. The van der Waals surface area contributed by atoms with Crippen LogP contribution in [-0.2, 0) is 4.79 Å². The minimum absolute atomic E-state index is 0.303. The fourth-order valence-electron chi connectivity index (χ4n) is 0.434. The lowest BCUT2D eigenvalue weighted by Gasteiger charge is -2.06. The largest absolute Gasteiger partial charge is 0.465 e. The Labute approximate surface area is 103 Å². The number of imide groups is 1. The third-order valence-electron chi connectivity index (χ3n) is 1.30. The first-order chi connectivity index (χ1) is 7.40. The summed E-state index contributed by atoms with van der Waals surface area (Å²) < 4.78 is 0. The molecule has 0 spiro atoms. The maximum atomic E-state index is 10.4. The van der Waals surface area contributed by atoms with Crippen LogP contribution in [0.5, 0.6) is 0 Å². The van der Waals surface area contributed by atoms with Crippen LogP contribution in [0.3, 0.4) is 0 Å². The lowest BCUT2D eigenvalue weighted by Crippen LogP contribution is -2.32. The number of rotatable bonds is 3. The quantitative estimate of drug-likeness (QED) is 0.352. The monoisotopic (exact) mass is 270 g/mol. The van der Waals surface area contributed by atoms with Crippen LogP contribution in [0.15, 0.2) is 5.16 Å². The summed E-state index contributed by atoms with van der Waals surface area (Å²) in [7, 11) is 1.15. The van der Waals surface area contributed by atoms with Crippen LogP contribution in [0.25, 0.3) is 0 Å². The van der Waals surface area contributed by atoms with E-state index in [0.29, 0.717) is 4.90 Å². The van der Waals surface area contributed by atoms with E-state index >= 15 is 0 Å². The number of hydrogen-bond acceptors (Lipinski definition) is 5. The van der Waals surface area contributed by atoms with Crippen LogP contribution in [0, 0.1) is 0 Å². The van der Waals surface area contributed by atoms with Gasteiger partial charge in [-0.25, -0.2) is 9.69 Å². The highest BCUT2D eigenvalue weighted by atomic mass is 35.5. The lowest BCUT2D eigenvalue weighted by molar-refractivity contribution is -0.125. The first-order valence-corrected chi connectivity index (χ1v) is 6.05. The highest BCUT2D eigenvalue weighted by molar-refractivity contribution is 7.99. The zero-order valence-corrected chi connectivity index (χ0v) is 10.9. The second-order valence-electron chi connectivity index (χ2n) is 2.64. The normalized spacial score (nSPS) is 10.1. The van der Waals surface area contributed by atoms with Gasteiger partial charge in [0.2, 0.25) is 5.91 Å². The average Bonchev–Trinajstić information content (AvgIpc) is 2.27. The van der Waals surface area contributed by atoms with Crippen molar-refractivity contribution in [2.75, 3.05) is 24.9 Å². The maximum absolute atomic E-state index is 10.4. The van der Waals surface area contributed by atoms with E-state index in [-0.39, 0.29) is 5.88 Å². The highest BCUT2D eigenvalue weighted by Gasteiger charge is 2.12. The molecule has 0 aliphatic carbocycles. The Hall–Kier alpha value is -0.950. The van der Waals surface area contributed by atoms with Gasteiger partial charge in [-0.3, -0.25) is 4.79 Å². The zero-order valence-electron chi connectivity index (χ0n) is 9.31. The van der Waals surface area contributed by atoms with Crippen LogP contribution in [0.1, 0.15) is 6.92 Å². The summed E-state index contributed by atoms with van der Waals surface area (Å²) in [5, 5.41) is 19.1. The number of amides is 2. The smallest absolute Gasteiger partial charge is 0.413 e. The van der Waals surface area contributed by atoms with Gasteiger partial charge in [0.25, 0.3) is 0 Å². The number of carboxylic acid groups (broad SMARTS) is 1. The molecule has 0 aliphatic rings. The molecule has 2 N–H and O–H groups in total. The fourth-order valence-corrected chi connectivity index (χ4v) is 1.09. The van der Waals surface area contributed by atoms with Crippen molar-refractivity contribution >= 4 is 41.1 Å². The lowest BCUT2D eigenvalue weighted by atomic mass is 10.5. The van der Waals surface area contributed by atoms with Crippen LogP contribution in [-0.4, -0.2) is 57.9 Å². The first kappa shape index (κ1) is 17.4. The van der Waals surface area contributed by atoms with Gasteiger partial charge in [-0.1, -0.05) is 5.16 Å². The molecule has 8 heteroatoms. The average molecular weight is 271 g/mol. The molecule has 16 heavy (non-hydrogen) atoms. The molecule has 0 unspecified atom stereocenters. The van der Waals surface area contributed by atoms with Gasteiger partial charge in [0, 0.05) is 12.8 Å². The summed E-state index contributed by atoms with van der Waals surface area (Å²) in [5.41, 5.74) is 0.771. The van der Waals surface area contributed by atoms with Crippen molar-refractivity contribution < 1.29 is 19.9 Å². The molecule has 0 heterocycles. The van der Waals surface area contributed by atoms with Crippen LogP contribution >= 0.6 is 23.4 Å². The van der Waals surface area contributed by atoms with Gasteiger partial charge in [0.1, 0.15) is 5.88 Å². The molecule has 2 amide bonds. The standard InChI is InChI=1S/C4H6ClNO3.C4H9NOS/c1-6(4(8)9)3(7)2-5;1-4(5-6)3-7-2/h2H2,1H3,(H,8,9);6H,3H2,1-2H3. The first-order valence-electron chi connectivity index (χ1n) is 4.12. The molecule has 0 bridgehead atoms. The number of halogens is 1. The van der Waals surface area contributed by atoms with Crippen molar-refractivity contribution in [3.8, 4) is 0 Å². The van der Waals surface area contributed by atoms with E-state index in [1.54, 1.807) is 18.7 Å². The SMILES string of the molecule is CN(C(=O)O)C(=O)CCl.CSCC(C)=NO. The summed E-state index contributed by atoms with van der Waals surface area (Å²) in [6.07, 6.45) is 0.676. The van der Waals surface area contributed by atoms with Crippen LogP contribution < -0.4 is 0 Å². The third kappa shape index (κ3) is 9.60. The molecule has 94 valence electrons. The molecule has 0 fully saturated rings. The van der Waals surface area contributed by atoms with E-state index in [1.807, 2.05) is 6.26 Å². The topological polar surface area (TPSA) is 90.2 Å². The summed E-state index contributed by atoms with van der Waals surface area (Å²) in [4.78, 5) is 20.8. The summed E-state index contributed by atoms with van der Waals surface area (Å²) >= 11 is 6.68. The van der Waals surface area contributed by atoms with Crippen molar-refractivity contribution in [1.82, 2.24) is 4.90 Å². The zero-order chi connectivity index (χ0) is 13.1. The number of hydrogen-bond donors (Lipinski definition) is 2. The summed E-state index contributed by atoms with van der Waals surface area (Å²) in [6, 6.07) is 0. The van der Waals surface area contributed by atoms with Gasteiger partial charge in [0.05, 0.1) is 5.71 Å². The minimum atomic E-state index is -1.29. The summed E-state index contributed by atoms with van der Waals surface area (Å²) in [5.74, 6) is -0.108. The number of thioether (sulfide) groups is 1. The molecule has 0 atom stereocenters. The van der Waals surface area contributed by atoms with E-state index in [4.69, 9.17) is 21.9 Å². The summed E-state index contributed by atoms with van der Waals surface area (Å²) in [6.45, 7) is 1.79. The van der Waals surface area contributed by atoms with E-state index < -0.39 is 12.0 Å². The van der Waals surface area contributed by atoms with Crippen molar-refractivity contribution in [3.05, 3.63) is 0 Å². The molecule has 0 aromatic heterocycles. The Morgan fingerprint density at radius 1 is 1.50 bits per heavy atom. The molecule has 0 saturated heterocycles. The molecule has 0 aromatic carbocycles. The van der Waals surface area contributed by atoms with Crippen molar-refractivity contribution in [1.29, 1.82) is 0 Å². The van der Waals surface area contributed by atoms with E-state index in [0.717, 1.165) is 18.5 Å². The van der Waals surface area contributed by atoms with E-state index in [2.05, 4.69) is 5.16 Å². The molecule has 0 radical (unpaired) electrons. The number of alkyl halides is 1. The van der Waals surface area contributed by atoms with Gasteiger partial charge >= 0.3 is 6.09 Å². The van der Waals surface area contributed by atoms with Gasteiger partial charge in [-0.2, -0.15) is 11.8 Å². The second-order valence-corrected chi connectivity index (χ2v) is 3.77. The van der Waals surface area contributed by atoms with Gasteiger partial charge in [-0.15, -0.1) is 11.6 Å². The Morgan fingerprint density at radius 2 is 2.00 bits per heavy atom. The van der Waals surface area contributed by atoms with Crippen LogP contribution in [0.2, 0.25) is 0 Å². The van der Waals surface area contributed by atoms with Crippen molar-refractivity contribution in [2.45, 2.75) is 6.92 Å². The molecule has 6 nitrogen and oxygen atoms in total. The third-order valence-corrected chi connectivity index (χ3v) is 2.23. The molecule has 0 aliphatic heterocycles. The van der Waals surface area contributed by atoms with Crippen molar-refractivity contribution in [3.63, 3.8) is 0 Å². The Balaban J connectivity index is 0. The van der Waals surface area contributed by atoms with E-state index in [9.17, 15) is 9.59 Å². The minimum Gasteiger partial charge on any atom is -0.465 e. The fraction of sp³-hybridized carbons (Fsp3) is 0.625. The maximum Gasteiger partial charge on any atom is 0.413 e. The number of nitrogens with zero attached hydrogens (tertiary/aromatic N) is 2. The predicted octanol–water partition coefficient (Wildman–Crippen LogP) is 1.56. The highest BCUT2D eigenvalue weighted by Crippen LogP contribution is 1.91. The van der Waals surface area contributed by atoms with Gasteiger partial charge in [-0.05, 0) is 13.2 Å². The number of carbonyl (C=O) groups excluding carboxylic acids is 1. The molecule has 0 rings (SSSR count). The predicted molar refractivity (Wildman–Crippen MR) is 64.8 cm³/mol. The molecule has 0 saturated carbocycles. The van der Waals surface area contributed by atoms with E-state index in [1.165, 1.54) is 0 Å². The van der Waals surface area contributed by atoms with Gasteiger partial charge < -0.3 is 10.3 Å². The van der Waals surface area contributed by atoms with Crippen molar-refractivity contribution in [2.24, 2.45) is 5.16 Å².